The molecule has 3 rings (SSSR count). The van der Waals surface area contributed by atoms with Gasteiger partial charge in [-0.05, 0) is 17.7 Å². The van der Waals surface area contributed by atoms with Crippen molar-refractivity contribution in [3.05, 3.63) is 45.1 Å². The predicted octanol–water partition coefficient (Wildman–Crippen LogP) is 2.46. The summed E-state index contributed by atoms with van der Waals surface area (Å²) in [6.07, 6.45) is 0. The topological polar surface area (TPSA) is 81.1 Å². The highest BCUT2D eigenvalue weighted by Gasteiger charge is 2.24. The van der Waals surface area contributed by atoms with Gasteiger partial charge in [-0.3, -0.25) is 4.90 Å². The van der Waals surface area contributed by atoms with Crippen molar-refractivity contribution >= 4 is 35.0 Å². The molecule has 20 heavy (non-hydrogen) atoms. The Balaban J connectivity index is 1.80. The van der Waals surface area contributed by atoms with E-state index >= 15 is 0 Å². The van der Waals surface area contributed by atoms with Crippen molar-refractivity contribution in [3.63, 3.8) is 0 Å². The Labute approximate surface area is 126 Å². The molecule has 2 aromatic rings. The number of fused-ring (bicyclic) bond motifs is 1. The third-order valence-corrected chi connectivity index (χ3v) is 3.89. The van der Waals surface area contributed by atoms with E-state index in [4.69, 9.17) is 34.7 Å². The summed E-state index contributed by atoms with van der Waals surface area (Å²) in [5, 5.41) is 1.29. The van der Waals surface area contributed by atoms with Crippen LogP contribution < -0.4 is 11.5 Å². The molecule has 0 radical (unpaired) electrons. The second-order valence-corrected chi connectivity index (χ2v) is 5.62. The van der Waals surface area contributed by atoms with Crippen molar-refractivity contribution in [1.29, 1.82) is 0 Å². The van der Waals surface area contributed by atoms with E-state index in [0.29, 0.717) is 35.5 Å². The van der Waals surface area contributed by atoms with Crippen LogP contribution in [0.4, 0.5) is 11.8 Å². The summed E-state index contributed by atoms with van der Waals surface area (Å²) < 4.78 is 0. The molecular formula is C13H13Cl2N5. The first-order valence-electron chi connectivity index (χ1n) is 6.10. The Morgan fingerprint density at radius 3 is 2.70 bits per heavy atom. The second kappa shape index (κ2) is 5.09. The van der Waals surface area contributed by atoms with Crippen molar-refractivity contribution in [2.75, 3.05) is 11.5 Å². The van der Waals surface area contributed by atoms with E-state index in [-0.39, 0.29) is 5.95 Å². The molecule has 0 bridgehead atoms. The van der Waals surface area contributed by atoms with Crippen molar-refractivity contribution in [1.82, 2.24) is 14.9 Å². The van der Waals surface area contributed by atoms with Gasteiger partial charge < -0.3 is 11.5 Å². The van der Waals surface area contributed by atoms with Crippen LogP contribution in [-0.4, -0.2) is 14.9 Å². The summed E-state index contributed by atoms with van der Waals surface area (Å²) >= 11 is 12.1. The Kier molecular flexibility index (Phi) is 3.41. The maximum atomic E-state index is 6.19. The molecule has 5 nitrogen and oxygen atoms in total. The molecule has 0 amide bonds. The molecule has 0 unspecified atom stereocenters. The molecule has 0 aliphatic carbocycles. The number of anilines is 2. The van der Waals surface area contributed by atoms with Gasteiger partial charge in [0.25, 0.3) is 0 Å². The van der Waals surface area contributed by atoms with Crippen LogP contribution in [0.3, 0.4) is 0 Å². The first-order valence-corrected chi connectivity index (χ1v) is 6.85. The zero-order chi connectivity index (χ0) is 14.3. The Morgan fingerprint density at radius 1 is 1.15 bits per heavy atom. The van der Waals surface area contributed by atoms with Gasteiger partial charge in [0.2, 0.25) is 5.95 Å². The number of benzene rings is 1. The number of hydrogen-bond acceptors (Lipinski definition) is 5. The highest BCUT2D eigenvalue weighted by Crippen LogP contribution is 2.29. The number of nitrogens with zero attached hydrogens (tertiary/aromatic N) is 3. The summed E-state index contributed by atoms with van der Waals surface area (Å²) in [4.78, 5) is 10.4. The fourth-order valence-corrected chi connectivity index (χ4v) is 2.83. The predicted molar refractivity (Wildman–Crippen MR) is 80.3 cm³/mol. The van der Waals surface area contributed by atoms with Gasteiger partial charge in [-0.15, -0.1) is 0 Å². The minimum atomic E-state index is 0.215. The van der Waals surface area contributed by atoms with Crippen molar-refractivity contribution in [3.8, 4) is 0 Å². The molecule has 1 aromatic carbocycles. The van der Waals surface area contributed by atoms with Gasteiger partial charge in [0.05, 0.1) is 5.69 Å². The standard InChI is InChI=1S/C13H13Cl2N5/c14-8-2-1-7(10(15)3-8)4-20-5-9-11(6-20)18-13(17)19-12(9)16/h1-3H,4-6H2,(H4,16,17,18,19). The molecule has 0 saturated heterocycles. The highest BCUT2D eigenvalue weighted by atomic mass is 35.5. The third kappa shape index (κ3) is 2.52. The lowest BCUT2D eigenvalue weighted by Gasteiger charge is -2.15. The van der Waals surface area contributed by atoms with E-state index < -0.39 is 0 Å². The van der Waals surface area contributed by atoms with Crippen LogP contribution in [0.25, 0.3) is 0 Å². The molecule has 1 aliphatic rings. The summed E-state index contributed by atoms with van der Waals surface area (Å²) in [7, 11) is 0. The molecule has 7 heteroatoms. The normalized spacial score (nSPS) is 14.5. The Bertz CT molecular complexity index is 674. The number of halogens is 2. The summed E-state index contributed by atoms with van der Waals surface area (Å²) in [5.74, 6) is 0.671. The first-order chi connectivity index (χ1) is 9.52. The van der Waals surface area contributed by atoms with E-state index in [0.717, 1.165) is 16.8 Å². The maximum Gasteiger partial charge on any atom is 0.222 e. The van der Waals surface area contributed by atoms with Crippen molar-refractivity contribution in [2.24, 2.45) is 0 Å². The van der Waals surface area contributed by atoms with Gasteiger partial charge in [0, 0.05) is 35.2 Å². The van der Waals surface area contributed by atoms with Gasteiger partial charge in [0.15, 0.2) is 0 Å². The number of aromatic nitrogens is 2. The molecule has 1 aliphatic heterocycles. The maximum absolute atomic E-state index is 6.19. The average molecular weight is 310 g/mol. The van der Waals surface area contributed by atoms with Crippen LogP contribution >= 0.6 is 23.2 Å². The van der Waals surface area contributed by atoms with Gasteiger partial charge in [-0.25, -0.2) is 4.98 Å². The lowest BCUT2D eigenvalue weighted by molar-refractivity contribution is 0.274. The van der Waals surface area contributed by atoms with E-state index in [1.807, 2.05) is 12.1 Å². The van der Waals surface area contributed by atoms with Crippen LogP contribution in [0.5, 0.6) is 0 Å². The van der Waals surface area contributed by atoms with Crippen LogP contribution in [0.1, 0.15) is 16.8 Å². The van der Waals surface area contributed by atoms with Crippen molar-refractivity contribution in [2.45, 2.75) is 19.6 Å². The lowest BCUT2D eigenvalue weighted by Crippen LogP contribution is -2.16. The summed E-state index contributed by atoms with van der Waals surface area (Å²) in [5.41, 5.74) is 14.3. The first kappa shape index (κ1) is 13.4. The second-order valence-electron chi connectivity index (χ2n) is 4.77. The van der Waals surface area contributed by atoms with Crippen LogP contribution in [0.15, 0.2) is 18.2 Å². The van der Waals surface area contributed by atoms with Gasteiger partial charge >= 0.3 is 0 Å². The van der Waals surface area contributed by atoms with E-state index in [1.165, 1.54) is 0 Å². The fourth-order valence-electron chi connectivity index (χ4n) is 2.37. The molecule has 2 heterocycles. The van der Waals surface area contributed by atoms with E-state index in [9.17, 15) is 0 Å². The molecule has 0 fully saturated rings. The molecule has 104 valence electrons. The number of hydrogen-bond donors (Lipinski definition) is 2. The molecule has 1 aromatic heterocycles. The SMILES string of the molecule is Nc1nc(N)c2c(n1)CN(Cc1ccc(Cl)cc1Cl)C2. The molecule has 0 spiro atoms. The van der Waals surface area contributed by atoms with Crippen molar-refractivity contribution < 1.29 is 0 Å². The smallest absolute Gasteiger partial charge is 0.222 e. The van der Waals surface area contributed by atoms with Gasteiger partial charge in [-0.1, -0.05) is 29.3 Å². The van der Waals surface area contributed by atoms with E-state index in [2.05, 4.69) is 14.9 Å². The summed E-state index contributed by atoms with van der Waals surface area (Å²) in [6.45, 7) is 2.08. The zero-order valence-electron chi connectivity index (χ0n) is 10.6. The molecule has 0 atom stereocenters. The number of rotatable bonds is 2. The van der Waals surface area contributed by atoms with Gasteiger partial charge in [0.1, 0.15) is 5.82 Å². The minimum absolute atomic E-state index is 0.215. The van der Waals surface area contributed by atoms with E-state index in [1.54, 1.807) is 6.07 Å². The lowest BCUT2D eigenvalue weighted by atomic mass is 10.2. The monoisotopic (exact) mass is 309 g/mol. The van der Waals surface area contributed by atoms with Crippen LogP contribution in [-0.2, 0) is 19.6 Å². The molecule has 4 N–H and O–H groups in total. The van der Waals surface area contributed by atoms with Crippen LogP contribution in [0, 0.1) is 0 Å². The van der Waals surface area contributed by atoms with Crippen LogP contribution in [0.2, 0.25) is 10.0 Å². The summed E-state index contributed by atoms with van der Waals surface area (Å²) in [6, 6.07) is 5.50. The number of nitrogen functional groups attached to an aromatic ring is 2. The molecular weight excluding hydrogens is 297 g/mol. The Morgan fingerprint density at radius 2 is 1.95 bits per heavy atom. The highest BCUT2D eigenvalue weighted by molar-refractivity contribution is 6.35. The zero-order valence-corrected chi connectivity index (χ0v) is 12.1. The Hall–Kier alpha value is -1.56. The quantitative estimate of drug-likeness (QED) is 0.890. The minimum Gasteiger partial charge on any atom is -0.383 e. The fraction of sp³-hybridized carbons (Fsp3) is 0.231. The largest absolute Gasteiger partial charge is 0.383 e. The van der Waals surface area contributed by atoms with Gasteiger partial charge in [-0.2, -0.15) is 4.98 Å². The molecule has 0 saturated carbocycles. The number of nitrogens with two attached hydrogens (primary N) is 2. The average Bonchev–Trinajstić information content (AvgIpc) is 2.75. The third-order valence-electron chi connectivity index (χ3n) is 3.31.